The van der Waals surface area contributed by atoms with Crippen molar-refractivity contribution < 1.29 is 0 Å². The Bertz CT molecular complexity index is 219. The summed E-state index contributed by atoms with van der Waals surface area (Å²) in [6, 6.07) is 0. The summed E-state index contributed by atoms with van der Waals surface area (Å²) in [4.78, 5) is 4.10. The van der Waals surface area contributed by atoms with Crippen LogP contribution in [0.4, 0.5) is 5.13 Å². The van der Waals surface area contributed by atoms with E-state index in [2.05, 4.69) is 21.3 Å². The number of anilines is 1. The molecule has 54 valence electrons. The average Bonchev–Trinajstić information content (AvgIpc) is 2.31. The number of hydrogen-bond acceptors (Lipinski definition) is 4. The molecule has 1 aromatic rings. The fourth-order valence-electron chi connectivity index (χ4n) is 0.528. The van der Waals surface area contributed by atoms with Crippen molar-refractivity contribution in [3.8, 4) is 0 Å². The van der Waals surface area contributed by atoms with Gasteiger partial charge in [0.2, 0.25) is 5.13 Å². The van der Waals surface area contributed by atoms with Crippen LogP contribution in [-0.4, -0.2) is 15.9 Å². The molecule has 4 heteroatoms. The SMILES string of the molecule is C=CCNc1nc(C)ns1. The largest absolute Gasteiger partial charge is 0.357 e. The van der Waals surface area contributed by atoms with Gasteiger partial charge in [0.15, 0.2) is 0 Å². The van der Waals surface area contributed by atoms with Gasteiger partial charge in [0.1, 0.15) is 5.82 Å². The zero-order valence-electron chi connectivity index (χ0n) is 5.79. The quantitative estimate of drug-likeness (QED) is 0.671. The minimum absolute atomic E-state index is 0.745. The highest BCUT2D eigenvalue weighted by Gasteiger charge is 1.95. The van der Waals surface area contributed by atoms with Crippen LogP contribution in [0.1, 0.15) is 5.82 Å². The third-order valence-corrected chi connectivity index (χ3v) is 1.69. The highest BCUT2D eigenvalue weighted by atomic mass is 32.1. The molecule has 3 nitrogen and oxygen atoms in total. The van der Waals surface area contributed by atoms with Crippen LogP contribution in [0.3, 0.4) is 0 Å². The van der Waals surface area contributed by atoms with Gasteiger partial charge in [0.05, 0.1) is 0 Å². The van der Waals surface area contributed by atoms with E-state index in [0.29, 0.717) is 0 Å². The van der Waals surface area contributed by atoms with Crippen LogP contribution in [0.2, 0.25) is 0 Å². The van der Waals surface area contributed by atoms with Gasteiger partial charge in [0.25, 0.3) is 0 Å². The first kappa shape index (κ1) is 7.21. The van der Waals surface area contributed by atoms with Crippen molar-refractivity contribution in [1.29, 1.82) is 0 Å². The minimum Gasteiger partial charge on any atom is -0.357 e. The molecule has 0 saturated carbocycles. The van der Waals surface area contributed by atoms with Crippen molar-refractivity contribution in [2.45, 2.75) is 6.92 Å². The van der Waals surface area contributed by atoms with Crippen LogP contribution in [0.5, 0.6) is 0 Å². The van der Waals surface area contributed by atoms with E-state index in [1.54, 1.807) is 6.08 Å². The highest BCUT2D eigenvalue weighted by Crippen LogP contribution is 2.08. The monoisotopic (exact) mass is 155 g/mol. The van der Waals surface area contributed by atoms with E-state index >= 15 is 0 Å². The predicted octanol–water partition coefficient (Wildman–Crippen LogP) is 1.44. The molecule has 1 aromatic heterocycles. The van der Waals surface area contributed by atoms with Gasteiger partial charge in [-0.1, -0.05) is 6.08 Å². The van der Waals surface area contributed by atoms with E-state index in [9.17, 15) is 0 Å². The van der Waals surface area contributed by atoms with Gasteiger partial charge in [-0.2, -0.15) is 4.37 Å². The lowest BCUT2D eigenvalue weighted by Crippen LogP contribution is -1.96. The molecule has 0 fully saturated rings. The molecular formula is C6H9N3S. The van der Waals surface area contributed by atoms with Crippen molar-refractivity contribution >= 4 is 16.7 Å². The van der Waals surface area contributed by atoms with Crippen LogP contribution in [0.25, 0.3) is 0 Å². The third-order valence-electron chi connectivity index (χ3n) is 0.925. The molecule has 0 amide bonds. The summed E-state index contributed by atoms with van der Waals surface area (Å²) < 4.78 is 4.00. The Morgan fingerprint density at radius 3 is 3.10 bits per heavy atom. The van der Waals surface area contributed by atoms with Crippen LogP contribution >= 0.6 is 11.5 Å². The molecule has 0 spiro atoms. The molecule has 0 aliphatic heterocycles. The Morgan fingerprint density at radius 1 is 1.80 bits per heavy atom. The molecule has 0 unspecified atom stereocenters. The lowest BCUT2D eigenvalue weighted by Gasteiger charge is -1.92. The average molecular weight is 155 g/mol. The van der Waals surface area contributed by atoms with Gasteiger partial charge in [-0.25, -0.2) is 4.98 Å². The van der Waals surface area contributed by atoms with Crippen LogP contribution in [0, 0.1) is 6.92 Å². The topological polar surface area (TPSA) is 37.8 Å². The second-order valence-electron chi connectivity index (χ2n) is 1.82. The first-order chi connectivity index (χ1) is 4.83. The summed E-state index contributed by atoms with van der Waals surface area (Å²) in [5.41, 5.74) is 0. The molecule has 0 aliphatic rings. The van der Waals surface area contributed by atoms with Gasteiger partial charge in [0, 0.05) is 18.1 Å². The smallest absolute Gasteiger partial charge is 0.202 e. The second-order valence-corrected chi connectivity index (χ2v) is 2.57. The molecule has 0 radical (unpaired) electrons. The Hall–Kier alpha value is -0.900. The molecule has 0 atom stereocenters. The molecule has 10 heavy (non-hydrogen) atoms. The summed E-state index contributed by atoms with van der Waals surface area (Å²) in [6.07, 6.45) is 1.79. The highest BCUT2D eigenvalue weighted by molar-refractivity contribution is 7.09. The first-order valence-corrected chi connectivity index (χ1v) is 3.75. The fourth-order valence-corrected chi connectivity index (χ4v) is 1.11. The zero-order valence-corrected chi connectivity index (χ0v) is 6.61. The van der Waals surface area contributed by atoms with Crippen molar-refractivity contribution in [3.63, 3.8) is 0 Å². The molecule has 1 rings (SSSR count). The molecule has 0 saturated heterocycles. The summed E-state index contributed by atoms with van der Waals surface area (Å²) in [5, 5.41) is 3.90. The van der Waals surface area contributed by atoms with Gasteiger partial charge in [-0.05, 0) is 6.92 Å². The molecule has 0 aromatic carbocycles. The maximum atomic E-state index is 4.10. The normalized spacial score (nSPS) is 9.30. The number of hydrogen-bond donors (Lipinski definition) is 1. The number of rotatable bonds is 3. The maximum absolute atomic E-state index is 4.10. The van der Waals surface area contributed by atoms with E-state index in [1.807, 2.05) is 6.92 Å². The van der Waals surface area contributed by atoms with Crippen molar-refractivity contribution in [2.75, 3.05) is 11.9 Å². The summed E-state index contributed by atoms with van der Waals surface area (Å²) >= 11 is 1.37. The predicted molar refractivity (Wildman–Crippen MR) is 43.3 cm³/mol. The third kappa shape index (κ3) is 1.80. The molecule has 1 heterocycles. The molecule has 1 N–H and O–H groups in total. The molecular weight excluding hydrogens is 146 g/mol. The van der Waals surface area contributed by atoms with Crippen LogP contribution in [0.15, 0.2) is 12.7 Å². The van der Waals surface area contributed by atoms with Gasteiger partial charge < -0.3 is 5.32 Å². The van der Waals surface area contributed by atoms with E-state index in [-0.39, 0.29) is 0 Å². The minimum atomic E-state index is 0.745. The van der Waals surface area contributed by atoms with E-state index < -0.39 is 0 Å². The van der Waals surface area contributed by atoms with E-state index in [0.717, 1.165) is 17.5 Å². The Morgan fingerprint density at radius 2 is 2.60 bits per heavy atom. The molecule has 0 bridgehead atoms. The van der Waals surface area contributed by atoms with Crippen molar-refractivity contribution in [2.24, 2.45) is 0 Å². The number of nitrogens with one attached hydrogen (secondary N) is 1. The van der Waals surface area contributed by atoms with Gasteiger partial charge >= 0.3 is 0 Å². The van der Waals surface area contributed by atoms with Crippen LogP contribution in [-0.2, 0) is 0 Å². The summed E-state index contributed by atoms with van der Waals surface area (Å²) in [7, 11) is 0. The van der Waals surface area contributed by atoms with Crippen molar-refractivity contribution in [3.05, 3.63) is 18.5 Å². The van der Waals surface area contributed by atoms with Crippen molar-refractivity contribution in [1.82, 2.24) is 9.36 Å². The van der Waals surface area contributed by atoms with E-state index in [4.69, 9.17) is 0 Å². The Labute approximate surface area is 64.0 Å². The van der Waals surface area contributed by atoms with Gasteiger partial charge in [-0.3, -0.25) is 0 Å². The second kappa shape index (κ2) is 3.31. The Kier molecular flexibility index (Phi) is 2.39. The maximum Gasteiger partial charge on any atom is 0.202 e. The summed E-state index contributed by atoms with van der Waals surface area (Å²) in [5.74, 6) is 0.816. The van der Waals surface area contributed by atoms with Crippen LogP contribution < -0.4 is 5.32 Å². The first-order valence-electron chi connectivity index (χ1n) is 2.98. The standard InChI is InChI=1S/C6H9N3S/c1-3-4-7-6-8-5(2)9-10-6/h3H,1,4H2,2H3,(H,7,8,9). The molecule has 0 aliphatic carbocycles. The zero-order chi connectivity index (χ0) is 7.40. The number of aryl methyl sites for hydroxylation is 1. The fraction of sp³-hybridized carbons (Fsp3) is 0.333. The lowest BCUT2D eigenvalue weighted by molar-refractivity contribution is 1.15. The number of aromatic nitrogens is 2. The lowest BCUT2D eigenvalue weighted by atomic mass is 10.6. The summed E-state index contributed by atoms with van der Waals surface area (Å²) in [6.45, 7) is 6.19. The van der Waals surface area contributed by atoms with Gasteiger partial charge in [-0.15, -0.1) is 6.58 Å². The van der Waals surface area contributed by atoms with E-state index in [1.165, 1.54) is 11.5 Å². The number of nitrogens with zero attached hydrogens (tertiary/aromatic N) is 2. The Balaban J connectivity index is 2.49.